The summed E-state index contributed by atoms with van der Waals surface area (Å²) < 4.78 is 5.48. The Kier molecular flexibility index (Phi) is 2.96. The van der Waals surface area contributed by atoms with Crippen molar-refractivity contribution in [2.75, 3.05) is 17.7 Å². The first-order valence-corrected chi connectivity index (χ1v) is 5.22. The average molecular weight is 221 g/mol. The van der Waals surface area contributed by atoms with E-state index >= 15 is 0 Å². The van der Waals surface area contributed by atoms with Crippen LogP contribution in [0.1, 0.15) is 13.3 Å². The molecule has 1 aromatic carbocycles. The van der Waals surface area contributed by atoms with E-state index in [1.54, 1.807) is 18.2 Å². The van der Waals surface area contributed by atoms with E-state index in [9.17, 15) is 0 Å². The summed E-state index contributed by atoms with van der Waals surface area (Å²) in [7, 11) is 0. The zero-order valence-electron chi connectivity index (χ0n) is 9.10. The minimum absolute atomic E-state index is 0.121. The lowest BCUT2D eigenvalue weighted by Crippen LogP contribution is -2.16. The van der Waals surface area contributed by atoms with Gasteiger partial charge in [-0.3, -0.25) is 0 Å². The lowest BCUT2D eigenvalue weighted by Gasteiger charge is -2.08. The number of hydrogen-bond donors (Lipinski definition) is 3. The van der Waals surface area contributed by atoms with Crippen LogP contribution in [-0.2, 0) is 0 Å². The molecule has 0 radical (unpaired) electrons. The van der Waals surface area contributed by atoms with Crippen molar-refractivity contribution in [1.82, 2.24) is 4.98 Å². The molecule has 0 aliphatic rings. The van der Waals surface area contributed by atoms with Crippen LogP contribution in [0.5, 0.6) is 0 Å². The van der Waals surface area contributed by atoms with E-state index in [0.29, 0.717) is 23.7 Å². The quantitative estimate of drug-likeness (QED) is 0.683. The van der Waals surface area contributed by atoms with Crippen molar-refractivity contribution in [2.24, 2.45) is 0 Å². The van der Waals surface area contributed by atoms with Crippen molar-refractivity contribution in [1.29, 1.82) is 0 Å². The number of rotatable bonds is 4. The second-order valence-electron chi connectivity index (χ2n) is 3.80. The number of fused-ring (bicyclic) bond motifs is 1. The van der Waals surface area contributed by atoms with Crippen LogP contribution >= 0.6 is 0 Å². The third-order valence-electron chi connectivity index (χ3n) is 2.34. The Morgan fingerprint density at radius 3 is 3.12 bits per heavy atom. The van der Waals surface area contributed by atoms with Crippen molar-refractivity contribution in [3.05, 3.63) is 18.2 Å². The van der Waals surface area contributed by atoms with Crippen molar-refractivity contribution < 1.29 is 9.52 Å². The smallest absolute Gasteiger partial charge is 0.295 e. The van der Waals surface area contributed by atoms with Gasteiger partial charge in [-0.25, -0.2) is 0 Å². The van der Waals surface area contributed by atoms with Crippen molar-refractivity contribution in [2.45, 2.75) is 19.4 Å². The Bertz CT molecular complexity index is 481. The summed E-state index contributed by atoms with van der Waals surface area (Å²) in [6.45, 7) is 2.10. The number of nitrogens with one attached hydrogen (secondary N) is 1. The monoisotopic (exact) mass is 221 g/mol. The predicted molar refractivity (Wildman–Crippen MR) is 63.2 cm³/mol. The number of benzene rings is 1. The average Bonchev–Trinajstić information content (AvgIpc) is 2.59. The molecule has 0 bridgehead atoms. The number of nitrogens with zero attached hydrogens (tertiary/aromatic N) is 1. The van der Waals surface area contributed by atoms with Crippen LogP contribution in [0, 0.1) is 0 Å². The molecular weight excluding hydrogens is 206 g/mol. The molecule has 5 heteroatoms. The normalized spacial score (nSPS) is 12.9. The molecule has 1 heterocycles. The number of aromatic nitrogens is 1. The third-order valence-corrected chi connectivity index (χ3v) is 2.34. The zero-order chi connectivity index (χ0) is 11.5. The lowest BCUT2D eigenvalue weighted by atomic mass is 10.2. The Morgan fingerprint density at radius 1 is 1.56 bits per heavy atom. The molecule has 5 nitrogen and oxygen atoms in total. The zero-order valence-corrected chi connectivity index (χ0v) is 9.10. The Balaban J connectivity index is 2.19. The van der Waals surface area contributed by atoms with Crippen molar-refractivity contribution in [3.63, 3.8) is 0 Å². The van der Waals surface area contributed by atoms with E-state index in [-0.39, 0.29) is 12.6 Å². The fraction of sp³-hybridized carbons (Fsp3) is 0.364. The molecule has 0 saturated heterocycles. The van der Waals surface area contributed by atoms with Gasteiger partial charge in [-0.15, -0.1) is 0 Å². The maximum Gasteiger partial charge on any atom is 0.295 e. The molecule has 86 valence electrons. The Morgan fingerprint density at radius 2 is 2.38 bits per heavy atom. The summed E-state index contributed by atoms with van der Waals surface area (Å²) in [5, 5.41) is 11.9. The SMILES string of the molecule is CC(CCO)Nc1nc2cc(N)ccc2o1. The van der Waals surface area contributed by atoms with Crippen molar-refractivity contribution in [3.8, 4) is 0 Å². The molecule has 0 saturated carbocycles. The van der Waals surface area contributed by atoms with E-state index in [4.69, 9.17) is 15.3 Å². The summed E-state index contributed by atoms with van der Waals surface area (Å²) in [4.78, 5) is 4.26. The highest BCUT2D eigenvalue weighted by Crippen LogP contribution is 2.21. The van der Waals surface area contributed by atoms with E-state index in [1.807, 2.05) is 6.92 Å². The molecule has 16 heavy (non-hydrogen) atoms. The van der Waals surface area contributed by atoms with Crippen LogP contribution in [0.25, 0.3) is 11.1 Å². The van der Waals surface area contributed by atoms with Gasteiger partial charge in [0.2, 0.25) is 0 Å². The molecule has 0 spiro atoms. The van der Waals surface area contributed by atoms with E-state index < -0.39 is 0 Å². The molecule has 0 fully saturated rings. The van der Waals surface area contributed by atoms with Gasteiger partial charge in [0, 0.05) is 18.3 Å². The number of nitrogens with two attached hydrogens (primary N) is 1. The van der Waals surface area contributed by atoms with E-state index in [1.165, 1.54) is 0 Å². The third kappa shape index (κ3) is 2.25. The number of aliphatic hydroxyl groups excluding tert-OH is 1. The molecule has 1 unspecified atom stereocenters. The van der Waals surface area contributed by atoms with Crippen LogP contribution in [0.3, 0.4) is 0 Å². The van der Waals surface area contributed by atoms with Crippen LogP contribution in [-0.4, -0.2) is 22.7 Å². The highest BCUT2D eigenvalue weighted by Gasteiger charge is 2.08. The van der Waals surface area contributed by atoms with E-state index in [0.717, 1.165) is 5.52 Å². The number of oxazole rings is 1. The van der Waals surface area contributed by atoms with Gasteiger partial charge < -0.3 is 20.6 Å². The Hall–Kier alpha value is -1.75. The highest BCUT2D eigenvalue weighted by molar-refractivity contribution is 5.78. The lowest BCUT2D eigenvalue weighted by molar-refractivity contribution is 0.281. The first kappa shape index (κ1) is 10.8. The number of hydrogen-bond acceptors (Lipinski definition) is 5. The van der Waals surface area contributed by atoms with Gasteiger partial charge in [-0.2, -0.15) is 4.98 Å². The van der Waals surface area contributed by atoms with Crippen molar-refractivity contribution >= 4 is 22.8 Å². The topological polar surface area (TPSA) is 84.3 Å². The van der Waals surface area contributed by atoms with Gasteiger partial charge in [0.15, 0.2) is 5.58 Å². The predicted octanol–water partition coefficient (Wildman–Crippen LogP) is 1.59. The summed E-state index contributed by atoms with van der Waals surface area (Å²) in [5.74, 6) is 0. The molecular formula is C11H15N3O2. The first-order valence-electron chi connectivity index (χ1n) is 5.22. The molecule has 0 amide bonds. The standard InChI is InChI=1S/C11H15N3O2/c1-7(4-5-15)13-11-14-9-6-8(12)2-3-10(9)16-11/h2-3,6-7,15H,4-5,12H2,1H3,(H,13,14). The molecule has 0 aliphatic carbocycles. The maximum atomic E-state index is 8.78. The maximum absolute atomic E-state index is 8.78. The van der Waals surface area contributed by atoms with Gasteiger partial charge in [-0.1, -0.05) is 0 Å². The molecule has 1 atom stereocenters. The number of anilines is 2. The minimum Gasteiger partial charge on any atom is -0.424 e. The van der Waals surface area contributed by atoms with Gasteiger partial charge in [0.05, 0.1) is 0 Å². The molecule has 4 N–H and O–H groups in total. The van der Waals surface area contributed by atoms with Gasteiger partial charge >= 0.3 is 0 Å². The van der Waals surface area contributed by atoms with Crippen LogP contribution in [0.2, 0.25) is 0 Å². The second-order valence-corrected chi connectivity index (χ2v) is 3.80. The van der Waals surface area contributed by atoms with Crippen LogP contribution < -0.4 is 11.1 Å². The van der Waals surface area contributed by atoms with Crippen LogP contribution in [0.4, 0.5) is 11.7 Å². The largest absolute Gasteiger partial charge is 0.424 e. The van der Waals surface area contributed by atoms with E-state index in [2.05, 4.69) is 10.3 Å². The van der Waals surface area contributed by atoms with Gasteiger partial charge in [0.25, 0.3) is 6.01 Å². The molecule has 1 aromatic heterocycles. The highest BCUT2D eigenvalue weighted by atomic mass is 16.4. The second kappa shape index (κ2) is 4.40. The fourth-order valence-electron chi connectivity index (χ4n) is 1.48. The summed E-state index contributed by atoms with van der Waals surface area (Å²) >= 11 is 0. The molecule has 0 aliphatic heterocycles. The minimum atomic E-state index is 0.121. The van der Waals surface area contributed by atoms with Gasteiger partial charge in [-0.05, 0) is 31.5 Å². The first-order chi connectivity index (χ1) is 7.69. The van der Waals surface area contributed by atoms with Crippen LogP contribution in [0.15, 0.2) is 22.6 Å². The van der Waals surface area contributed by atoms with Gasteiger partial charge in [0.1, 0.15) is 5.52 Å². The molecule has 2 rings (SSSR count). The Labute approximate surface area is 93.3 Å². The number of aliphatic hydroxyl groups is 1. The summed E-state index contributed by atoms with van der Waals surface area (Å²) in [6, 6.07) is 5.91. The molecule has 2 aromatic rings. The summed E-state index contributed by atoms with van der Waals surface area (Å²) in [5.41, 5.74) is 7.75. The number of nitrogen functional groups attached to an aromatic ring is 1. The fourth-order valence-corrected chi connectivity index (χ4v) is 1.48. The summed E-state index contributed by atoms with van der Waals surface area (Å²) in [6.07, 6.45) is 0.654.